The number of rotatable bonds is 13. The fourth-order valence-electron chi connectivity index (χ4n) is 3.38. The summed E-state index contributed by atoms with van der Waals surface area (Å²) in [7, 11) is -2.15. The minimum absolute atomic E-state index is 0.0425. The first-order valence-electron chi connectivity index (χ1n) is 14.8. The van der Waals surface area contributed by atoms with E-state index in [4.69, 9.17) is 18.6 Å². The molecule has 0 bridgehead atoms. The van der Waals surface area contributed by atoms with E-state index in [-0.39, 0.29) is 37.9 Å². The molecule has 0 aromatic heterocycles. The number of nitrogens with one attached hydrogen (secondary N) is 2. The summed E-state index contributed by atoms with van der Waals surface area (Å²) >= 11 is 0. The van der Waals surface area contributed by atoms with E-state index in [1.807, 2.05) is 30.3 Å². The van der Waals surface area contributed by atoms with Crippen LogP contribution >= 0.6 is 0 Å². The van der Waals surface area contributed by atoms with Gasteiger partial charge in [0.15, 0.2) is 8.32 Å². The maximum atomic E-state index is 13.1. The number of aliphatic hydroxyl groups is 1. The molecule has 0 fully saturated rings. The number of ether oxygens (including phenoxy) is 3. The Kier molecular flexibility index (Phi) is 14.5. The number of hydrogen-bond acceptors (Lipinski definition) is 8. The lowest BCUT2D eigenvalue weighted by Gasteiger charge is -2.37. The summed E-state index contributed by atoms with van der Waals surface area (Å²) in [5.41, 5.74) is -0.593. The van der Waals surface area contributed by atoms with Gasteiger partial charge in [0, 0.05) is 13.1 Å². The molecule has 0 radical (unpaired) electrons. The normalized spacial score (nSPS) is 13.9. The highest BCUT2D eigenvalue weighted by Crippen LogP contribution is 2.36. The van der Waals surface area contributed by atoms with Crippen molar-refractivity contribution in [2.24, 2.45) is 0 Å². The predicted octanol–water partition coefficient (Wildman–Crippen LogP) is 5.82. The molecule has 1 aromatic rings. The van der Waals surface area contributed by atoms with Gasteiger partial charge in [-0.1, -0.05) is 51.1 Å². The zero-order chi connectivity index (χ0) is 33.1. The van der Waals surface area contributed by atoms with Crippen LogP contribution in [0, 0.1) is 0 Å². The highest BCUT2D eigenvalue weighted by Gasteiger charge is 2.38. The van der Waals surface area contributed by atoms with E-state index in [0.717, 1.165) is 5.56 Å². The maximum absolute atomic E-state index is 13.1. The largest absolute Gasteiger partial charge is 0.445 e. The van der Waals surface area contributed by atoms with Crippen LogP contribution < -0.4 is 10.6 Å². The van der Waals surface area contributed by atoms with Gasteiger partial charge in [0.2, 0.25) is 0 Å². The molecular weight excluding hydrogens is 570 g/mol. The van der Waals surface area contributed by atoms with E-state index < -0.39 is 49.9 Å². The predicted molar refractivity (Wildman–Crippen MR) is 169 cm³/mol. The number of nitrogens with zero attached hydrogens (tertiary/aromatic N) is 1. The molecule has 12 heteroatoms. The molecule has 0 aliphatic heterocycles. The summed E-state index contributed by atoms with van der Waals surface area (Å²) in [6, 6.07) is 8.88. The van der Waals surface area contributed by atoms with Gasteiger partial charge < -0.3 is 39.3 Å². The average Bonchev–Trinajstić information content (AvgIpc) is 2.84. The number of amides is 3. The van der Waals surface area contributed by atoms with Crippen molar-refractivity contribution >= 4 is 26.6 Å². The van der Waals surface area contributed by atoms with Gasteiger partial charge in [-0.3, -0.25) is 0 Å². The Morgan fingerprint density at radius 2 is 1.49 bits per heavy atom. The van der Waals surface area contributed by atoms with Crippen molar-refractivity contribution in [3.8, 4) is 0 Å². The molecule has 246 valence electrons. The summed E-state index contributed by atoms with van der Waals surface area (Å²) in [6.07, 6.45) is -2.68. The van der Waals surface area contributed by atoms with Gasteiger partial charge in [-0.15, -0.1) is 0 Å². The van der Waals surface area contributed by atoms with Crippen molar-refractivity contribution in [1.29, 1.82) is 0 Å². The molecule has 2 atom stereocenters. The Labute approximate surface area is 259 Å². The van der Waals surface area contributed by atoms with E-state index in [9.17, 15) is 19.5 Å². The number of carbonyl (C=O) groups excluding carboxylic acids is 3. The van der Waals surface area contributed by atoms with E-state index in [1.165, 1.54) is 4.90 Å². The van der Waals surface area contributed by atoms with E-state index in [1.54, 1.807) is 41.5 Å². The van der Waals surface area contributed by atoms with E-state index >= 15 is 0 Å². The van der Waals surface area contributed by atoms with E-state index in [0.29, 0.717) is 6.42 Å². The summed E-state index contributed by atoms with van der Waals surface area (Å²) in [4.78, 5) is 39.3. The molecule has 1 rings (SSSR count). The van der Waals surface area contributed by atoms with Crippen molar-refractivity contribution < 1.29 is 38.1 Å². The van der Waals surface area contributed by atoms with Crippen LogP contribution in [-0.2, 0) is 25.2 Å². The van der Waals surface area contributed by atoms with Gasteiger partial charge in [0.05, 0.1) is 25.3 Å². The molecule has 0 heterocycles. The van der Waals surface area contributed by atoms with Crippen molar-refractivity contribution in [3.63, 3.8) is 0 Å². The number of benzene rings is 1. The molecule has 43 heavy (non-hydrogen) atoms. The van der Waals surface area contributed by atoms with Crippen LogP contribution in [-0.4, -0.2) is 86.2 Å². The monoisotopic (exact) mass is 625 g/mol. The SMILES string of the molecule is CC(C)(C)OC(=O)NC[C@@H](O)CN(CC[C@@H](CO[Si](C)(C)C(C)(C)C)NC(=O)OCc1ccccc1)C(=O)OC(C)(C)C. The van der Waals surface area contributed by atoms with Gasteiger partial charge in [-0.05, 0) is 71.7 Å². The Morgan fingerprint density at radius 1 is 0.907 bits per heavy atom. The van der Waals surface area contributed by atoms with Crippen LogP contribution in [0.1, 0.15) is 74.3 Å². The van der Waals surface area contributed by atoms with Gasteiger partial charge in [0.25, 0.3) is 0 Å². The lowest BCUT2D eigenvalue weighted by molar-refractivity contribution is 0.0129. The molecular formula is C31H55N3O8Si. The van der Waals surface area contributed by atoms with Crippen molar-refractivity contribution in [2.75, 3.05) is 26.2 Å². The van der Waals surface area contributed by atoms with Crippen molar-refractivity contribution in [2.45, 2.75) is 117 Å². The smallest absolute Gasteiger partial charge is 0.410 e. The van der Waals surface area contributed by atoms with Crippen LogP contribution in [0.3, 0.4) is 0 Å². The number of aliphatic hydroxyl groups excluding tert-OH is 1. The molecule has 0 saturated carbocycles. The maximum Gasteiger partial charge on any atom is 0.410 e. The number of hydrogen-bond donors (Lipinski definition) is 3. The lowest BCUT2D eigenvalue weighted by atomic mass is 10.2. The first-order chi connectivity index (χ1) is 19.6. The third-order valence-corrected chi connectivity index (χ3v) is 11.2. The molecule has 11 nitrogen and oxygen atoms in total. The Bertz CT molecular complexity index is 1020. The molecule has 0 aliphatic rings. The van der Waals surface area contributed by atoms with Gasteiger partial charge in [-0.2, -0.15) is 0 Å². The molecule has 1 aromatic carbocycles. The first kappa shape index (κ1) is 38.2. The molecule has 3 N–H and O–H groups in total. The second-order valence-corrected chi connectivity index (χ2v) is 19.0. The van der Waals surface area contributed by atoms with Crippen LogP contribution in [0.15, 0.2) is 30.3 Å². The molecule has 3 amide bonds. The topological polar surface area (TPSA) is 136 Å². The fraction of sp³-hybridized carbons (Fsp3) is 0.710. The third-order valence-electron chi connectivity index (χ3n) is 6.70. The van der Waals surface area contributed by atoms with Gasteiger partial charge in [-0.25, -0.2) is 14.4 Å². The van der Waals surface area contributed by atoms with Crippen LogP contribution in [0.25, 0.3) is 0 Å². The minimum Gasteiger partial charge on any atom is -0.445 e. The zero-order valence-electron chi connectivity index (χ0n) is 28.0. The average molecular weight is 626 g/mol. The summed E-state index contributed by atoms with van der Waals surface area (Å²) < 4.78 is 22.6. The second kappa shape index (κ2) is 16.3. The zero-order valence-corrected chi connectivity index (χ0v) is 29.0. The standard InChI is InChI=1S/C31H55N3O8Si/c1-29(2,3)41-26(36)32-19-25(35)20-34(28(38)42-30(4,5)6)18-17-24(22-40-43(10,11)31(7,8)9)33-27(37)39-21-23-15-13-12-14-16-23/h12-16,24-25,35H,17-22H2,1-11H3,(H,32,36)(H,33,37)/t24-,25+/m0/s1. The van der Waals surface area contributed by atoms with Crippen LogP contribution in [0.4, 0.5) is 14.4 Å². The first-order valence-corrected chi connectivity index (χ1v) is 17.7. The quantitative estimate of drug-likeness (QED) is 0.184. The summed E-state index contributed by atoms with van der Waals surface area (Å²) in [6.45, 7) is 21.4. The molecule has 0 saturated heterocycles. The highest BCUT2D eigenvalue weighted by molar-refractivity contribution is 6.74. The second-order valence-electron chi connectivity index (χ2n) is 14.2. The number of alkyl carbamates (subject to hydrolysis) is 2. The summed E-state index contributed by atoms with van der Waals surface area (Å²) in [5.74, 6) is 0. The van der Waals surface area contributed by atoms with Crippen LogP contribution in [0.5, 0.6) is 0 Å². The van der Waals surface area contributed by atoms with Crippen molar-refractivity contribution in [1.82, 2.24) is 15.5 Å². The lowest BCUT2D eigenvalue weighted by Crippen LogP contribution is -2.49. The minimum atomic E-state index is -2.15. The molecule has 0 spiro atoms. The molecule has 0 unspecified atom stereocenters. The Hall–Kier alpha value is -2.83. The van der Waals surface area contributed by atoms with Gasteiger partial charge >= 0.3 is 18.3 Å². The van der Waals surface area contributed by atoms with Gasteiger partial charge in [0.1, 0.15) is 17.8 Å². The van der Waals surface area contributed by atoms with E-state index in [2.05, 4.69) is 44.5 Å². The fourth-order valence-corrected chi connectivity index (χ4v) is 4.43. The highest BCUT2D eigenvalue weighted by atomic mass is 28.4. The van der Waals surface area contributed by atoms with Crippen LogP contribution in [0.2, 0.25) is 18.1 Å². The third kappa shape index (κ3) is 16.6. The molecule has 0 aliphatic carbocycles. The number of carbonyl (C=O) groups is 3. The Balaban J connectivity index is 2.99. The Morgan fingerprint density at radius 3 is 2.02 bits per heavy atom. The summed E-state index contributed by atoms with van der Waals surface area (Å²) in [5, 5.41) is 16.0. The van der Waals surface area contributed by atoms with Crippen molar-refractivity contribution in [3.05, 3.63) is 35.9 Å².